The maximum atomic E-state index is 11.7. The van der Waals surface area contributed by atoms with Crippen LogP contribution >= 0.6 is 11.8 Å². The fraction of sp³-hybridized carbons (Fsp3) is 0.250. The molecule has 1 heterocycles. The minimum Gasteiger partial charge on any atom is -0.482 e. The molecule has 1 N–H and O–H groups in total. The highest BCUT2D eigenvalue weighted by Crippen LogP contribution is 2.16. The van der Waals surface area contributed by atoms with E-state index < -0.39 is 0 Å². The van der Waals surface area contributed by atoms with Crippen LogP contribution in [-0.4, -0.2) is 24.8 Å². The molecule has 0 radical (unpaired) electrons. The molecule has 0 fully saturated rings. The Morgan fingerprint density at radius 1 is 1.32 bits per heavy atom. The van der Waals surface area contributed by atoms with Gasteiger partial charge in [0.1, 0.15) is 17.6 Å². The van der Waals surface area contributed by atoms with E-state index in [1.807, 2.05) is 18.2 Å². The number of carbonyl (C=O) groups is 1. The zero-order chi connectivity index (χ0) is 15.6. The molecule has 22 heavy (non-hydrogen) atoms. The summed E-state index contributed by atoms with van der Waals surface area (Å²) in [6.45, 7) is 0.467. The third-order valence-corrected chi connectivity index (χ3v) is 3.74. The summed E-state index contributed by atoms with van der Waals surface area (Å²) in [7, 11) is 0. The molecule has 0 atom stereocenters. The molecule has 5 nitrogen and oxygen atoms in total. The fourth-order valence-corrected chi connectivity index (χ4v) is 2.47. The molecule has 0 saturated heterocycles. The normalized spacial score (nSPS) is 9.95. The van der Waals surface area contributed by atoms with Gasteiger partial charge in [-0.25, -0.2) is 0 Å². The quantitative estimate of drug-likeness (QED) is 0.758. The van der Waals surface area contributed by atoms with Gasteiger partial charge in [-0.1, -0.05) is 12.1 Å². The zero-order valence-corrected chi connectivity index (χ0v) is 12.8. The highest BCUT2D eigenvalue weighted by atomic mass is 32.2. The molecule has 0 unspecified atom stereocenters. The van der Waals surface area contributed by atoms with Crippen molar-refractivity contribution >= 4 is 17.7 Å². The largest absolute Gasteiger partial charge is 0.482 e. The van der Waals surface area contributed by atoms with Gasteiger partial charge in [-0.3, -0.25) is 4.79 Å². The second-order valence-corrected chi connectivity index (χ2v) is 5.48. The molecule has 1 amide bonds. The zero-order valence-electron chi connectivity index (χ0n) is 12.0. The number of furan rings is 1. The smallest absolute Gasteiger partial charge is 0.257 e. The van der Waals surface area contributed by atoms with E-state index in [9.17, 15) is 4.79 Å². The molecule has 0 aliphatic carbocycles. The summed E-state index contributed by atoms with van der Waals surface area (Å²) >= 11 is 1.68. The molecule has 6 heteroatoms. The Labute approximate surface area is 133 Å². The summed E-state index contributed by atoms with van der Waals surface area (Å²) < 4.78 is 10.6. The van der Waals surface area contributed by atoms with Crippen molar-refractivity contribution in [2.24, 2.45) is 0 Å². The van der Waals surface area contributed by atoms with Gasteiger partial charge < -0.3 is 14.5 Å². The number of rotatable bonds is 8. The average molecular weight is 316 g/mol. The van der Waals surface area contributed by atoms with Crippen molar-refractivity contribution in [1.29, 1.82) is 5.26 Å². The molecule has 0 saturated carbocycles. The van der Waals surface area contributed by atoms with E-state index >= 15 is 0 Å². The number of thioether (sulfide) groups is 1. The first-order valence-electron chi connectivity index (χ1n) is 6.78. The van der Waals surface area contributed by atoms with E-state index in [0.717, 1.165) is 17.3 Å². The molecule has 0 spiro atoms. The molecule has 0 aliphatic rings. The van der Waals surface area contributed by atoms with E-state index in [1.165, 1.54) is 0 Å². The number of benzene rings is 1. The second kappa shape index (κ2) is 8.80. The number of hydrogen-bond acceptors (Lipinski definition) is 5. The first-order valence-corrected chi connectivity index (χ1v) is 7.94. The Morgan fingerprint density at radius 2 is 2.18 bits per heavy atom. The van der Waals surface area contributed by atoms with Gasteiger partial charge in [0.2, 0.25) is 0 Å². The third-order valence-electron chi connectivity index (χ3n) is 2.76. The van der Waals surface area contributed by atoms with Crippen molar-refractivity contribution in [2.45, 2.75) is 5.75 Å². The molecule has 0 aliphatic heterocycles. The van der Waals surface area contributed by atoms with Crippen LogP contribution in [0.5, 0.6) is 5.75 Å². The minimum atomic E-state index is -0.202. The summed E-state index contributed by atoms with van der Waals surface area (Å²) in [5.74, 6) is 2.72. The maximum absolute atomic E-state index is 11.7. The van der Waals surface area contributed by atoms with Gasteiger partial charge in [-0.2, -0.15) is 17.0 Å². The molecule has 2 rings (SSSR count). The van der Waals surface area contributed by atoms with Crippen molar-refractivity contribution in [1.82, 2.24) is 5.32 Å². The first kappa shape index (κ1) is 16.0. The number of nitrogens with one attached hydrogen (secondary N) is 1. The van der Waals surface area contributed by atoms with Crippen molar-refractivity contribution in [2.75, 3.05) is 18.9 Å². The van der Waals surface area contributed by atoms with Crippen LogP contribution in [-0.2, 0) is 10.5 Å². The average Bonchev–Trinajstić information content (AvgIpc) is 3.06. The van der Waals surface area contributed by atoms with E-state index in [1.54, 1.807) is 42.3 Å². The van der Waals surface area contributed by atoms with Gasteiger partial charge in [0, 0.05) is 12.3 Å². The molecular weight excluding hydrogens is 300 g/mol. The SMILES string of the molecule is N#Cc1ccccc1OCC(=O)NCCSCc1ccco1. The topological polar surface area (TPSA) is 75.3 Å². The van der Waals surface area contributed by atoms with E-state index in [2.05, 4.69) is 5.32 Å². The summed E-state index contributed by atoms with van der Waals surface area (Å²) in [5.41, 5.74) is 0.421. The van der Waals surface area contributed by atoms with Crippen LogP contribution in [0.15, 0.2) is 47.1 Å². The van der Waals surface area contributed by atoms with Gasteiger partial charge in [0.15, 0.2) is 6.61 Å². The third kappa shape index (κ3) is 5.19. The summed E-state index contributed by atoms with van der Waals surface area (Å²) in [6.07, 6.45) is 1.65. The summed E-state index contributed by atoms with van der Waals surface area (Å²) in [5, 5.41) is 11.7. The predicted octanol–water partition coefficient (Wildman–Crippen LogP) is 2.58. The Hall–Kier alpha value is -2.39. The molecule has 1 aromatic carbocycles. The highest BCUT2D eigenvalue weighted by molar-refractivity contribution is 7.98. The predicted molar refractivity (Wildman–Crippen MR) is 84.5 cm³/mol. The Kier molecular flexibility index (Phi) is 6.39. The Morgan fingerprint density at radius 3 is 2.95 bits per heavy atom. The van der Waals surface area contributed by atoms with Gasteiger partial charge in [0.05, 0.1) is 17.6 Å². The van der Waals surface area contributed by atoms with Crippen molar-refractivity contribution in [3.8, 4) is 11.8 Å². The molecule has 2 aromatic rings. The van der Waals surface area contributed by atoms with Crippen LogP contribution in [0, 0.1) is 11.3 Å². The van der Waals surface area contributed by atoms with E-state index in [-0.39, 0.29) is 12.5 Å². The van der Waals surface area contributed by atoms with Crippen molar-refractivity contribution in [3.05, 3.63) is 54.0 Å². The summed E-state index contributed by atoms with van der Waals surface area (Å²) in [4.78, 5) is 11.7. The standard InChI is InChI=1S/C16H16N2O3S/c17-10-13-4-1-2-6-15(13)21-11-16(19)18-7-9-22-12-14-5-3-8-20-14/h1-6,8H,7,9,11-12H2,(H,18,19). The number of para-hydroxylation sites is 1. The first-order chi connectivity index (χ1) is 10.8. The number of amides is 1. The summed E-state index contributed by atoms with van der Waals surface area (Å²) in [6, 6.07) is 12.6. The van der Waals surface area contributed by atoms with Crippen LogP contribution in [0.1, 0.15) is 11.3 Å². The number of carbonyl (C=O) groups excluding carboxylic acids is 1. The van der Waals surface area contributed by atoms with Crippen LogP contribution < -0.4 is 10.1 Å². The van der Waals surface area contributed by atoms with E-state index in [4.69, 9.17) is 14.4 Å². The van der Waals surface area contributed by atoms with Crippen LogP contribution in [0.4, 0.5) is 0 Å². The fourth-order valence-electron chi connectivity index (χ4n) is 1.71. The van der Waals surface area contributed by atoms with E-state index in [0.29, 0.717) is 17.9 Å². The molecule has 0 bridgehead atoms. The lowest BCUT2D eigenvalue weighted by atomic mass is 10.2. The van der Waals surface area contributed by atoms with Crippen LogP contribution in [0.2, 0.25) is 0 Å². The van der Waals surface area contributed by atoms with Gasteiger partial charge >= 0.3 is 0 Å². The number of nitrogens with zero attached hydrogens (tertiary/aromatic N) is 1. The van der Waals surface area contributed by atoms with Crippen LogP contribution in [0.25, 0.3) is 0 Å². The maximum Gasteiger partial charge on any atom is 0.257 e. The van der Waals surface area contributed by atoms with Gasteiger partial charge in [0.25, 0.3) is 5.91 Å². The van der Waals surface area contributed by atoms with Crippen molar-refractivity contribution < 1.29 is 13.9 Å². The lowest BCUT2D eigenvalue weighted by Crippen LogP contribution is -2.30. The number of nitriles is 1. The highest BCUT2D eigenvalue weighted by Gasteiger charge is 2.05. The molecule has 114 valence electrons. The van der Waals surface area contributed by atoms with Crippen LogP contribution in [0.3, 0.4) is 0 Å². The Balaban J connectivity index is 1.61. The lowest BCUT2D eigenvalue weighted by Gasteiger charge is -2.08. The Bertz CT molecular complexity index is 635. The molecular formula is C16H16N2O3S. The number of hydrogen-bond donors (Lipinski definition) is 1. The minimum absolute atomic E-state index is 0.0957. The lowest BCUT2D eigenvalue weighted by molar-refractivity contribution is -0.122. The van der Waals surface area contributed by atoms with Crippen molar-refractivity contribution in [3.63, 3.8) is 0 Å². The monoisotopic (exact) mass is 316 g/mol. The number of ether oxygens (including phenoxy) is 1. The molecule has 1 aromatic heterocycles. The second-order valence-electron chi connectivity index (χ2n) is 4.38. The van der Waals surface area contributed by atoms with Gasteiger partial charge in [-0.15, -0.1) is 0 Å². The van der Waals surface area contributed by atoms with Gasteiger partial charge in [-0.05, 0) is 24.3 Å².